The Morgan fingerprint density at radius 3 is 2.67 bits per heavy atom. The van der Waals surface area contributed by atoms with E-state index in [2.05, 4.69) is 15.5 Å². The van der Waals surface area contributed by atoms with E-state index in [0.29, 0.717) is 29.6 Å². The summed E-state index contributed by atoms with van der Waals surface area (Å²) in [4.78, 5) is 30.0. The maximum Gasteiger partial charge on any atom is 0.307 e. The number of carbonyl (C=O) groups excluding carboxylic acids is 1. The van der Waals surface area contributed by atoms with Crippen molar-refractivity contribution >= 4 is 28.2 Å². The van der Waals surface area contributed by atoms with Gasteiger partial charge in [-0.2, -0.15) is 4.98 Å². The Hall–Kier alpha value is -2.48. The van der Waals surface area contributed by atoms with Crippen molar-refractivity contribution in [2.24, 2.45) is 11.8 Å². The van der Waals surface area contributed by atoms with Gasteiger partial charge in [0.15, 0.2) is 5.82 Å². The van der Waals surface area contributed by atoms with Crippen LogP contribution < -0.4 is 5.32 Å². The summed E-state index contributed by atoms with van der Waals surface area (Å²) in [5, 5.41) is 17.0. The van der Waals surface area contributed by atoms with Crippen molar-refractivity contribution in [2.45, 2.75) is 45.4 Å². The largest absolute Gasteiger partial charge is 0.481 e. The van der Waals surface area contributed by atoms with Crippen molar-refractivity contribution in [3.8, 4) is 11.5 Å². The summed E-state index contributed by atoms with van der Waals surface area (Å²) in [6, 6.07) is 0. The third-order valence-corrected chi connectivity index (χ3v) is 6.44. The van der Waals surface area contributed by atoms with Crippen molar-refractivity contribution in [3.05, 3.63) is 28.4 Å². The summed E-state index contributed by atoms with van der Waals surface area (Å²) in [5.74, 6) is -1.51. The second-order valence-electron chi connectivity index (χ2n) is 7.05. The average Bonchev–Trinajstić information content (AvgIpc) is 3.24. The minimum Gasteiger partial charge on any atom is -0.481 e. The fourth-order valence-corrected chi connectivity index (χ4v) is 5.14. The van der Waals surface area contributed by atoms with Gasteiger partial charge in [-0.05, 0) is 51.0 Å². The normalized spacial score (nSPS) is 21.7. The van der Waals surface area contributed by atoms with E-state index >= 15 is 0 Å². The van der Waals surface area contributed by atoms with E-state index in [4.69, 9.17) is 4.52 Å². The number of thiophene rings is 1. The van der Waals surface area contributed by atoms with Gasteiger partial charge >= 0.3 is 5.97 Å². The molecule has 0 aliphatic heterocycles. The van der Waals surface area contributed by atoms with Gasteiger partial charge in [-0.15, -0.1) is 11.3 Å². The highest BCUT2D eigenvalue weighted by Gasteiger charge is 2.35. The van der Waals surface area contributed by atoms with Crippen LogP contribution in [-0.4, -0.2) is 27.1 Å². The van der Waals surface area contributed by atoms with E-state index in [0.717, 1.165) is 31.2 Å². The van der Waals surface area contributed by atoms with Gasteiger partial charge in [0, 0.05) is 4.88 Å². The molecule has 0 aromatic carbocycles. The first kappa shape index (κ1) is 17.9. The standard InChI is InChI=1S/C19H21N3O4S/c1-10-20-17(26-22-10)15-13-8-4-5-9-14(13)27-18(15)21-16(23)11-6-2-3-7-12(11)19(24)25/h2-3,11-12H,4-9H2,1H3,(H,21,23)(H,24,25). The number of carbonyl (C=O) groups is 2. The number of hydrogen-bond acceptors (Lipinski definition) is 6. The summed E-state index contributed by atoms with van der Waals surface area (Å²) < 4.78 is 5.39. The third kappa shape index (κ3) is 3.41. The molecule has 1 amide bonds. The van der Waals surface area contributed by atoms with Crippen LogP contribution in [0.1, 0.15) is 41.9 Å². The van der Waals surface area contributed by atoms with Gasteiger partial charge in [0.1, 0.15) is 5.00 Å². The molecule has 0 saturated carbocycles. The molecule has 0 spiro atoms. The Morgan fingerprint density at radius 1 is 1.22 bits per heavy atom. The average molecular weight is 387 g/mol. The van der Waals surface area contributed by atoms with Crippen LogP contribution in [0.2, 0.25) is 0 Å². The molecule has 7 nitrogen and oxygen atoms in total. The van der Waals surface area contributed by atoms with Gasteiger partial charge in [0.05, 0.1) is 17.4 Å². The van der Waals surface area contributed by atoms with Gasteiger partial charge in [-0.1, -0.05) is 17.3 Å². The minimum absolute atomic E-state index is 0.261. The summed E-state index contributed by atoms with van der Waals surface area (Å²) >= 11 is 1.54. The van der Waals surface area contributed by atoms with E-state index in [1.807, 2.05) is 12.2 Å². The van der Waals surface area contributed by atoms with Gasteiger partial charge in [0.25, 0.3) is 5.89 Å². The number of aliphatic carboxylic acids is 1. The molecule has 2 aliphatic rings. The molecule has 2 unspecified atom stereocenters. The Morgan fingerprint density at radius 2 is 1.96 bits per heavy atom. The number of carboxylic acid groups (broad SMARTS) is 1. The Balaban J connectivity index is 1.67. The zero-order chi connectivity index (χ0) is 19.0. The number of carboxylic acids is 1. The number of nitrogens with one attached hydrogen (secondary N) is 1. The molecule has 0 saturated heterocycles. The Bertz CT molecular complexity index is 914. The number of hydrogen-bond donors (Lipinski definition) is 2. The molecular weight excluding hydrogens is 366 g/mol. The lowest BCUT2D eigenvalue weighted by molar-refractivity contribution is -0.146. The van der Waals surface area contributed by atoms with Crippen molar-refractivity contribution < 1.29 is 19.2 Å². The molecule has 0 bridgehead atoms. The third-order valence-electron chi connectivity index (χ3n) is 5.24. The molecule has 27 heavy (non-hydrogen) atoms. The predicted molar refractivity (Wildman–Crippen MR) is 101 cm³/mol. The Kier molecular flexibility index (Phi) is 4.82. The van der Waals surface area contributed by atoms with Crippen molar-refractivity contribution in [1.82, 2.24) is 10.1 Å². The Labute approximate surface area is 160 Å². The summed E-state index contributed by atoms with van der Waals surface area (Å²) in [6.45, 7) is 1.76. The van der Waals surface area contributed by atoms with Crippen LogP contribution in [0.4, 0.5) is 5.00 Å². The van der Waals surface area contributed by atoms with E-state index in [9.17, 15) is 14.7 Å². The number of fused-ring (bicyclic) bond motifs is 1. The first-order valence-electron chi connectivity index (χ1n) is 9.18. The van der Waals surface area contributed by atoms with Gasteiger partial charge in [0.2, 0.25) is 5.91 Å². The zero-order valence-corrected chi connectivity index (χ0v) is 15.8. The maximum atomic E-state index is 12.9. The van der Waals surface area contributed by atoms with Gasteiger partial charge in [-0.25, -0.2) is 0 Å². The molecule has 4 rings (SSSR count). The van der Waals surface area contributed by atoms with Crippen LogP contribution in [0, 0.1) is 18.8 Å². The first-order chi connectivity index (χ1) is 13.0. The highest BCUT2D eigenvalue weighted by Crippen LogP contribution is 2.44. The number of nitrogens with zero attached hydrogens (tertiary/aromatic N) is 2. The van der Waals surface area contributed by atoms with Crippen LogP contribution in [0.25, 0.3) is 11.5 Å². The molecule has 8 heteroatoms. The minimum atomic E-state index is -0.933. The van der Waals surface area contributed by atoms with Crippen molar-refractivity contribution in [2.75, 3.05) is 5.32 Å². The highest BCUT2D eigenvalue weighted by atomic mass is 32.1. The molecule has 2 atom stereocenters. The topological polar surface area (TPSA) is 105 Å². The molecule has 2 aliphatic carbocycles. The van der Waals surface area contributed by atoms with E-state index in [1.54, 1.807) is 18.3 Å². The van der Waals surface area contributed by atoms with Crippen LogP contribution >= 0.6 is 11.3 Å². The highest BCUT2D eigenvalue weighted by molar-refractivity contribution is 7.17. The molecule has 2 N–H and O–H groups in total. The molecular formula is C19H21N3O4S. The van der Waals surface area contributed by atoms with Gasteiger partial charge in [-0.3, -0.25) is 9.59 Å². The number of amides is 1. The predicted octanol–water partition coefficient (Wildman–Crippen LogP) is 3.59. The molecule has 2 aromatic rings. The second kappa shape index (κ2) is 7.26. The van der Waals surface area contributed by atoms with Crippen molar-refractivity contribution in [1.29, 1.82) is 0 Å². The van der Waals surface area contributed by atoms with E-state index in [-0.39, 0.29) is 5.91 Å². The van der Waals surface area contributed by atoms with Crippen molar-refractivity contribution in [3.63, 3.8) is 0 Å². The van der Waals surface area contributed by atoms with Gasteiger partial charge < -0.3 is 14.9 Å². The second-order valence-corrected chi connectivity index (χ2v) is 8.15. The summed E-state index contributed by atoms with van der Waals surface area (Å²) in [7, 11) is 0. The van der Waals surface area contributed by atoms with Crippen LogP contribution in [0.3, 0.4) is 0 Å². The summed E-state index contributed by atoms with van der Waals surface area (Å²) in [5.41, 5.74) is 1.98. The molecule has 2 aromatic heterocycles. The van der Waals surface area contributed by atoms with Crippen LogP contribution in [-0.2, 0) is 22.4 Å². The van der Waals surface area contributed by atoms with E-state index < -0.39 is 17.8 Å². The molecule has 2 heterocycles. The fraction of sp³-hybridized carbons (Fsp3) is 0.474. The lowest BCUT2D eigenvalue weighted by Crippen LogP contribution is -2.34. The summed E-state index contributed by atoms with van der Waals surface area (Å²) in [6.07, 6.45) is 8.63. The number of allylic oxidation sites excluding steroid dienone is 2. The lowest BCUT2D eigenvalue weighted by Gasteiger charge is -2.24. The smallest absolute Gasteiger partial charge is 0.307 e. The SMILES string of the molecule is Cc1noc(-c2c(NC(=O)C3CC=CCC3C(=O)O)sc3c2CCCC3)n1. The molecule has 0 radical (unpaired) electrons. The van der Waals surface area contributed by atoms with Crippen LogP contribution in [0.15, 0.2) is 16.7 Å². The zero-order valence-electron chi connectivity index (χ0n) is 15.0. The van der Waals surface area contributed by atoms with E-state index in [1.165, 1.54) is 10.4 Å². The number of anilines is 1. The van der Waals surface area contributed by atoms with Crippen LogP contribution in [0.5, 0.6) is 0 Å². The lowest BCUT2D eigenvalue weighted by atomic mass is 9.82. The maximum absolute atomic E-state index is 12.9. The molecule has 0 fully saturated rings. The number of rotatable bonds is 4. The first-order valence-corrected chi connectivity index (χ1v) is 10.00. The quantitative estimate of drug-likeness (QED) is 0.777. The monoisotopic (exact) mass is 387 g/mol. The number of aromatic nitrogens is 2. The molecule has 142 valence electrons. The fourth-order valence-electron chi connectivity index (χ4n) is 3.86. The number of aryl methyl sites for hydroxylation is 2.